The van der Waals surface area contributed by atoms with Crippen LogP contribution in [0.25, 0.3) is 33.5 Å². The number of H-pyrrole nitrogens is 1. The SMILES string of the molecule is Cn1cc(-c2cc3c(-c4ccc5c(c4)CCCCC5CC(=O)c4cnc(C(C)(C)C)s4)ncnc3[nH]2)cn1. The lowest BCUT2D eigenvalue weighted by Crippen LogP contribution is -2.10. The van der Waals surface area contributed by atoms with Crippen LogP contribution in [0.4, 0.5) is 0 Å². The Hall–Kier alpha value is -3.65. The Labute approximate surface area is 226 Å². The van der Waals surface area contributed by atoms with Crippen molar-refractivity contribution in [1.29, 1.82) is 0 Å². The molecule has 0 spiro atoms. The van der Waals surface area contributed by atoms with E-state index in [0.717, 1.165) is 69.1 Å². The molecule has 194 valence electrons. The van der Waals surface area contributed by atoms with Crippen molar-refractivity contribution >= 4 is 28.2 Å². The first-order valence-electron chi connectivity index (χ1n) is 13.2. The maximum Gasteiger partial charge on any atom is 0.175 e. The minimum absolute atomic E-state index is 0.0425. The van der Waals surface area contributed by atoms with Crippen LogP contribution in [0.5, 0.6) is 0 Å². The van der Waals surface area contributed by atoms with E-state index in [2.05, 4.69) is 70.1 Å². The summed E-state index contributed by atoms with van der Waals surface area (Å²) in [5, 5.41) is 6.30. The average Bonchev–Trinajstić information content (AvgIpc) is 3.62. The van der Waals surface area contributed by atoms with Gasteiger partial charge in [-0.3, -0.25) is 9.48 Å². The average molecular weight is 525 g/mol. The second kappa shape index (κ2) is 9.58. The zero-order valence-electron chi connectivity index (χ0n) is 22.3. The van der Waals surface area contributed by atoms with E-state index in [9.17, 15) is 4.79 Å². The molecule has 8 heteroatoms. The van der Waals surface area contributed by atoms with Crippen molar-refractivity contribution in [2.45, 2.75) is 64.2 Å². The van der Waals surface area contributed by atoms with Gasteiger partial charge in [-0.2, -0.15) is 5.10 Å². The number of benzene rings is 1. The molecule has 7 nitrogen and oxygen atoms in total. The number of carbonyl (C=O) groups excluding carboxylic acids is 1. The number of ketones is 1. The quantitative estimate of drug-likeness (QED) is 0.200. The van der Waals surface area contributed by atoms with Gasteiger partial charge in [0.2, 0.25) is 0 Å². The third-order valence-corrected chi connectivity index (χ3v) is 8.86. The number of aromatic amines is 1. The number of aryl methyl sites for hydroxylation is 2. The van der Waals surface area contributed by atoms with Crippen molar-refractivity contribution in [3.8, 4) is 22.5 Å². The fraction of sp³-hybridized carbons (Fsp3) is 0.367. The Morgan fingerprint density at radius 3 is 2.74 bits per heavy atom. The van der Waals surface area contributed by atoms with Crippen molar-refractivity contribution in [2.75, 3.05) is 0 Å². The molecule has 1 aliphatic carbocycles. The molecule has 0 bridgehead atoms. The monoisotopic (exact) mass is 524 g/mol. The summed E-state index contributed by atoms with van der Waals surface area (Å²) in [5.41, 5.74) is 7.38. The molecule has 4 aromatic heterocycles. The summed E-state index contributed by atoms with van der Waals surface area (Å²) >= 11 is 1.54. The van der Waals surface area contributed by atoms with Gasteiger partial charge in [-0.05, 0) is 48.4 Å². The van der Waals surface area contributed by atoms with Crippen LogP contribution >= 0.6 is 11.3 Å². The van der Waals surface area contributed by atoms with Gasteiger partial charge >= 0.3 is 0 Å². The molecule has 1 unspecified atom stereocenters. The Morgan fingerprint density at radius 1 is 1.11 bits per heavy atom. The van der Waals surface area contributed by atoms with E-state index in [1.54, 1.807) is 28.5 Å². The second-order valence-electron chi connectivity index (χ2n) is 11.3. The predicted molar refractivity (Wildman–Crippen MR) is 152 cm³/mol. The van der Waals surface area contributed by atoms with Crippen molar-refractivity contribution in [2.24, 2.45) is 7.05 Å². The normalized spacial score (nSPS) is 15.9. The molecule has 0 aliphatic heterocycles. The molecule has 0 amide bonds. The van der Waals surface area contributed by atoms with Crippen LogP contribution in [0.2, 0.25) is 0 Å². The molecule has 1 atom stereocenters. The number of nitrogens with one attached hydrogen (secondary N) is 1. The van der Waals surface area contributed by atoms with Gasteiger partial charge in [0.05, 0.1) is 27.5 Å². The molecule has 0 fully saturated rings. The topological polar surface area (TPSA) is 89.4 Å². The smallest absolute Gasteiger partial charge is 0.175 e. The number of rotatable bonds is 5. The van der Waals surface area contributed by atoms with Gasteiger partial charge in [-0.1, -0.05) is 39.3 Å². The van der Waals surface area contributed by atoms with Crippen LogP contribution in [0.1, 0.15) is 78.2 Å². The molecule has 38 heavy (non-hydrogen) atoms. The van der Waals surface area contributed by atoms with Gasteiger partial charge in [0, 0.05) is 47.8 Å². The van der Waals surface area contributed by atoms with Gasteiger partial charge in [-0.15, -0.1) is 11.3 Å². The zero-order valence-corrected chi connectivity index (χ0v) is 23.1. The molecule has 1 N–H and O–H groups in total. The summed E-state index contributed by atoms with van der Waals surface area (Å²) in [6.07, 6.45) is 12.1. The van der Waals surface area contributed by atoms with Crippen LogP contribution in [-0.2, 0) is 18.9 Å². The van der Waals surface area contributed by atoms with Gasteiger partial charge < -0.3 is 4.98 Å². The number of Topliss-reactive ketones (excluding diaryl/α,β-unsaturated/α-hetero) is 1. The minimum Gasteiger partial charge on any atom is -0.339 e. The molecule has 4 heterocycles. The lowest BCUT2D eigenvalue weighted by molar-refractivity contribution is 0.0976. The van der Waals surface area contributed by atoms with Crippen LogP contribution in [0, 0.1) is 0 Å². The van der Waals surface area contributed by atoms with Gasteiger partial charge in [0.1, 0.15) is 12.0 Å². The maximum atomic E-state index is 13.3. The van der Waals surface area contributed by atoms with E-state index in [-0.39, 0.29) is 17.1 Å². The van der Waals surface area contributed by atoms with E-state index in [1.807, 2.05) is 19.4 Å². The highest BCUT2D eigenvalue weighted by molar-refractivity contribution is 7.13. The zero-order chi connectivity index (χ0) is 26.4. The number of aromatic nitrogens is 6. The van der Waals surface area contributed by atoms with E-state index in [1.165, 1.54) is 11.1 Å². The largest absolute Gasteiger partial charge is 0.339 e. The number of hydrogen-bond donors (Lipinski definition) is 1. The molecule has 1 aromatic carbocycles. The fourth-order valence-electron chi connectivity index (χ4n) is 5.40. The molecule has 0 saturated heterocycles. The molecule has 0 saturated carbocycles. The van der Waals surface area contributed by atoms with Crippen LogP contribution in [0.3, 0.4) is 0 Å². The summed E-state index contributed by atoms with van der Waals surface area (Å²) in [6, 6.07) is 8.77. The summed E-state index contributed by atoms with van der Waals surface area (Å²) in [6.45, 7) is 6.41. The Morgan fingerprint density at radius 2 is 1.97 bits per heavy atom. The fourth-order valence-corrected chi connectivity index (χ4v) is 6.32. The van der Waals surface area contributed by atoms with Gasteiger partial charge in [0.15, 0.2) is 5.78 Å². The molecule has 6 rings (SSSR count). The Bertz CT molecular complexity index is 1640. The first-order chi connectivity index (χ1) is 18.3. The van der Waals surface area contributed by atoms with E-state index >= 15 is 0 Å². The van der Waals surface area contributed by atoms with Crippen LogP contribution < -0.4 is 0 Å². The summed E-state index contributed by atoms with van der Waals surface area (Å²) in [4.78, 5) is 31.2. The number of thiazole rings is 1. The van der Waals surface area contributed by atoms with Gasteiger partial charge in [-0.25, -0.2) is 15.0 Å². The number of hydrogen-bond acceptors (Lipinski definition) is 6. The van der Waals surface area contributed by atoms with Crippen LogP contribution in [-0.4, -0.2) is 35.5 Å². The standard InChI is InChI=1S/C30H32N6OS/c1-30(2,3)29-31-15-26(38-29)25(37)12-19-8-6-5-7-18-11-20(9-10-22(18)19)27-23-13-24(21-14-34-36(4)16-21)35-28(23)33-17-32-27/h9-11,13-17,19H,5-8,12H2,1-4H3,(H,32,33,35). The lowest BCUT2D eigenvalue weighted by atomic mass is 9.87. The first kappa shape index (κ1) is 24.7. The summed E-state index contributed by atoms with van der Waals surface area (Å²) in [5.74, 6) is 0.428. The first-order valence-corrected chi connectivity index (χ1v) is 14.0. The van der Waals surface area contributed by atoms with E-state index in [4.69, 9.17) is 0 Å². The molecular formula is C30H32N6OS. The second-order valence-corrected chi connectivity index (χ2v) is 12.4. The van der Waals surface area contributed by atoms with E-state index in [0.29, 0.717) is 6.42 Å². The van der Waals surface area contributed by atoms with Gasteiger partial charge in [0.25, 0.3) is 0 Å². The highest BCUT2D eigenvalue weighted by Crippen LogP contribution is 2.38. The third kappa shape index (κ3) is 4.69. The number of carbonyl (C=O) groups is 1. The van der Waals surface area contributed by atoms with Crippen molar-refractivity contribution in [1.82, 2.24) is 29.7 Å². The predicted octanol–water partition coefficient (Wildman–Crippen LogP) is 6.86. The summed E-state index contributed by atoms with van der Waals surface area (Å²) < 4.78 is 1.79. The van der Waals surface area contributed by atoms with Crippen molar-refractivity contribution < 1.29 is 4.79 Å². The summed E-state index contributed by atoms with van der Waals surface area (Å²) in [7, 11) is 1.91. The Kier molecular flexibility index (Phi) is 6.22. The van der Waals surface area contributed by atoms with Crippen LogP contribution in [0.15, 0.2) is 49.2 Å². The number of fused-ring (bicyclic) bond motifs is 2. The molecule has 1 aliphatic rings. The number of nitrogens with zero attached hydrogens (tertiary/aromatic N) is 5. The maximum absolute atomic E-state index is 13.3. The highest BCUT2D eigenvalue weighted by atomic mass is 32.1. The van der Waals surface area contributed by atoms with E-state index < -0.39 is 0 Å². The third-order valence-electron chi connectivity index (χ3n) is 7.40. The van der Waals surface area contributed by atoms with Crippen molar-refractivity contribution in [3.63, 3.8) is 0 Å². The highest BCUT2D eigenvalue weighted by Gasteiger charge is 2.25. The Balaban J connectivity index is 1.31. The molecular weight excluding hydrogens is 492 g/mol. The lowest BCUT2D eigenvalue weighted by Gasteiger charge is -2.18. The van der Waals surface area contributed by atoms with Crippen molar-refractivity contribution in [3.05, 3.63) is 70.2 Å². The minimum atomic E-state index is -0.0425. The molecule has 0 radical (unpaired) electrons. The molecule has 5 aromatic rings.